The Kier molecular flexibility index (Phi) is 3.67. The molecule has 0 radical (unpaired) electrons. The number of H-pyrrole nitrogens is 1. The van der Waals surface area contributed by atoms with Crippen LogP contribution in [-0.4, -0.2) is 35.8 Å². The van der Waals surface area contributed by atoms with Crippen LogP contribution >= 0.6 is 23.2 Å². The monoisotopic (exact) mass is 299 g/mol. The topological polar surface area (TPSA) is 49.9 Å². The van der Waals surface area contributed by atoms with E-state index in [1.165, 1.54) is 0 Å². The Balaban J connectivity index is 1.96. The van der Waals surface area contributed by atoms with E-state index in [0.29, 0.717) is 22.7 Å². The van der Waals surface area contributed by atoms with Gasteiger partial charge < -0.3 is 15.0 Å². The van der Waals surface area contributed by atoms with E-state index < -0.39 is 0 Å². The van der Waals surface area contributed by atoms with Gasteiger partial charge in [0.2, 0.25) is 0 Å². The minimum atomic E-state index is 0.241. The van der Waals surface area contributed by atoms with Gasteiger partial charge in [0.25, 0.3) is 0 Å². The molecule has 2 N–H and O–H groups in total. The van der Waals surface area contributed by atoms with Gasteiger partial charge in [0.15, 0.2) is 0 Å². The van der Waals surface area contributed by atoms with Gasteiger partial charge in [-0.3, -0.25) is 0 Å². The fraction of sp³-hybridized carbons (Fsp3) is 0.462. The van der Waals surface area contributed by atoms with Gasteiger partial charge in [0, 0.05) is 6.04 Å². The first kappa shape index (κ1) is 13.2. The van der Waals surface area contributed by atoms with Crippen molar-refractivity contribution in [2.45, 2.75) is 18.9 Å². The maximum Gasteiger partial charge on any atom is 0.114 e. The number of imidazole rings is 1. The van der Waals surface area contributed by atoms with Crippen LogP contribution in [0.4, 0.5) is 0 Å². The first-order chi connectivity index (χ1) is 9.19. The Morgan fingerprint density at radius 3 is 2.95 bits per heavy atom. The lowest BCUT2D eigenvalue weighted by Gasteiger charge is -2.15. The van der Waals surface area contributed by atoms with Crippen molar-refractivity contribution in [2.75, 3.05) is 19.8 Å². The number of hydrogen-bond acceptors (Lipinski definition) is 3. The van der Waals surface area contributed by atoms with Crippen LogP contribution in [0, 0.1) is 0 Å². The molecule has 19 heavy (non-hydrogen) atoms. The molecule has 1 aromatic carbocycles. The SMILES string of the molecule is CCNC1COCC1c1nc2cc(Cl)c(Cl)cc2[nH]1. The van der Waals surface area contributed by atoms with E-state index in [-0.39, 0.29) is 5.92 Å². The highest BCUT2D eigenvalue weighted by Gasteiger charge is 2.31. The molecule has 0 spiro atoms. The second-order valence-electron chi connectivity index (χ2n) is 4.71. The van der Waals surface area contributed by atoms with E-state index in [4.69, 9.17) is 27.9 Å². The molecule has 4 nitrogen and oxygen atoms in total. The summed E-state index contributed by atoms with van der Waals surface area (Å²) in [7, 11) is 0. The van der Waals surface area contributed by atoms with Gasteiger partial charge in [-0.2, -0.15) is 0 Å². The predicted octanol–water partition coefficient (Wildman–Crippen LogP) is 2.96. The van der Waals surface area contributed by atoms with Gasteiger partial charge in [0.05, 0.1) is 40.2 Å². The highest BCUT2D eigenvalue weighted by molar-refractivity contribution is 6.42. The summed E-state index contributed by atoms with van der Waals surface area (Å²) in [6.07, 6.45) is 0. The molecular formula is C13H15Cl2N3O. The Labute approximate surface area is 121 Å². The minimum Gasteiger partial charge on any atom is -0.379 e. The smallest absolute Gasteiger partial charge is 0.114 e. The van der Waals surface area contributed by atoms with Gasteiger partial charge in [-0.1, -0.05) is 30.1 Å². The molecule has 1 saturated heterocycles. The van der Waals surface area contributed by atoms with Crippen molar-refractivity contribution < 1.29 is 4.74 Å². The zero-order chi connectivity index (χ0) is 13.4. The van der Waals surface area contributed by atoms with E-state index in [0.717, 1.165) is 30.0 Å². The lowest BCUT2D eigenvalue weighted by atomic mass is 10.0. The summed E-state index contributed by atoms with van der Waals surface area (Å²) >= 11 is 12.0. The molecule has 1 aliphatic rings. The molecule has 3 rings (SSSR count). The zero-order valence-electron chi connectivity index (χ0n) is 10.5. The van der Waals surface area contributed by atoms with Crippen LogP contribution in [0.25, 0.3) is 11.0 Å². The van der Waals surface area contributed by atoms with E-state index in [2.05, 4.69) is 22.2 Å². The van der Waals surface area contributed by atoms with E-state index >= 15 is 0 Å². The molecule has 6 heteroatoms. The molecule has 2 atom stereocenters. The number of ether oxygens (including phenoxy) is 1. The van der Waals surface area contributed by atoms with Gasteiger partial charge in [0.1, 0.15) is 5.82 Å². The highest BCUT2D eigenvalue weighted by atomic mass is 35.5. The standard InChI is InChI=1S/C13H15Cl2N3O/c1-2-16-12-6-19-5-7(12)13-17-10-3-8(14)9(15)4-11(10)18-13/h3-4,7,12,16H,2,5-6H2,1H3,(H,17,18). The maximum atomic E-state index is 6.02. The third kappa shape index (κ3) is 2.46. The molecule has 0 aliphatic carbocycles. The molecule has 2 unspecified atom stereocenters. The number of halogens is 2. The summed E-state index contributed by atoms with van der Waals surface area (Å²) in [6, 6.07) is 3.90. The van der Waals surface area contributed by atoms with Crippen molar-refractivity contribution in [3.05, 3.63) is 28.0 Å². The average molecular weight is 300 g/mol. The van der Waals surface area contributed by atoms with Crippen molar-refractivity contribution in [3.8, 4) is 0 Å². The average Bonchev–Trinajstić information content (AvgIpc) is 2.96. The van der Waals surface area contributed by atoms with Crippen molar-refractivity contribution in [1.29, 1.82) is 0 Å². The molecule has 1 aliphatic heterocycles. The first-order valence-electron chi connectivity index (χ1n) is 6.35. The Morgan fingerprint density at radius 1 is 1.37 bits per heavy atom. The summed E-state index contributed by atoms with van der Waals surface area (Å²) < 4.78 is 5.55. The summed E-state index contributed by atoms with van der Waals surface area (Å²) in [6.45, 7) is 4.41. The molecule has 102 valence electrons. The van der Waals surface area contributed by atoms with Gasteiger partial charge in [-0.25, -0.2) is 4.98 Å². The number of nitrogens with zero attached hydrogens (tertiary/aromatic N) is 1. The quantitative estimate of drug-likeness (QED) is 0.916. The summed E-state index contributed by atoms with van der Waals surface area (Å²) in [5, 5.41) is 4.49. The number of benzene rings is 1. The highest BCUT2D eigenvalue weighted by Crippen LogP contribution is 2.30. The Bertz CT molecular complexity index is 560. The second-order valence-corrected chi connectivity index (χ2v) is 5.53. The fourth-order valence-corrected chi connectivity index (χ4v) is 2.81. The first-order valence-corrected chi connectivity index (χ1v) is 7.10. The second kappa shape index (κ2) is 5.29. The lowest BCUT2D eigenvalue weighted by molar-refractivity contribution is 0.187. The maximum absolute atomic E-state index is 6.02. The van der Waals surface area contributed by atoms with Crippen molar-refractivity contribution in [1.82, 2.24) is 15.3 Å². The van der Waals surface area contributed by atoms with Gasteiger partial charge in [-0.15, -0.1) is 0 Å². The van der Waals surface area contributed by atoms with Crippen LogP contribution in [0.3, 0.4) is 0 Å². The third-order valence-electron chi connectivity index (χ3n) is 3.44. The molecule has 1 aromatic heterocycles. The Morgan fingerprint density at radius 2 is 2.16 bits per heavy atom. The molecule has 0 bridgehead atoms. The summed E-state index contributed by atoms with van der Waals surface area (Å²) in [5.41, 5.74) is 1.75. The lowest BCUT2D eigenvalue weighted by Crippen LogP contribution is -2.34. The Hall–Kier alpha value is -0.810. The number of nitrogens with one attached hydrogen (secondary N) is 2. The van der Waals surface area contributed by atoms with Crippen LogP contribution in [0.5, 0.6) is 0 Å². The van der Waals surface area contributed by atoms with Gasteiger partial charge >= 0.3 is 0 Å². The van der Waals surface area contributed by atoms with Crippen molar-refractivity contribution in [2.24, 2.45) is 0 Å². The van der Waals surface area contributed by atoms with Crippen LogP contribution in [0.15, 0.2) is 12.1 Å². The van der Waals surface area contributed by atoms with Crippen LogP contribution < -0.4 is 5.32 Å². The fourth-order valence-electron chi connectivity index (χ4n) is 2.49. The summed E-state index contributed by atoms with van der Waals surface area (Å²) in [4.78, 5) is 7.93. The minimum absolute atomic E-state index is 0.241. The number of rotatable bonds is 3. The number of aromatic amines is 1. The molecule has 2 heterocycles. The normalized spacial score (nSPS) is 23.3. The van der Waals surface area contributed by atoms with E-state index in [9.17, 15) is 0 Å². The zero-order valence-corrected chi connectivity index (χ0v) is 12.1. The number of hydrogen-bond donors (Lipinski definition) is 2. The number of aromatic nitrogens is 2. The van der Waals surface area contributed by atoms with Crippen LogP contribution in [0.1, 0.15) is 18.7 Å². The molecule has 1 fully saturated rings. The molecule has 0 amide bonds. The van der Waals surface area contributed by atoms with Gasteiger partial charge in [-0.05, 0) is 18.7 Å². The number of likely N-dealkylation sites (N-methyl/N-ethyl adjacent to an activating group) is 1. The largest absolute Gasteiger partial charge is 0.379 e. The number of fused-ring (bicyclic) bond motifs is 1. The van der Waals surface area contributed by atoms with E-state index in [1.54, 1.807) is 6.07 Å². The van der Waals surface area contributed by atoms with Crippen molar-refractivity contribution in [3.63, 3.8) is 0 Å². The van der Waals surface area contributed by atoms with E-state index in [1.807, 2.05) is 6.07 Å². The van der Waals surface area contributed by atoms with Crippen molar-refractivity contribution >= 4 is 34.2 Å². The van der Waals surface area contributed by atoms with Crippen LogP contribution in [0.2, 0.25) is 10.0 Å². The summed E-state index contributed by atoms with van der Waals surface area (Å²) in [5.74, 6) is 1.17. The molecule has 2 aromatic rings. The van der Waals surface area contributed by atoms with Crippen LogP contribution in [-0.2, 0) is 4.74 Å². The third-order valence-corrected chi connectivity index (χ3v) is 4.16. The molecule has 0 saturated carbocycles. The molecular weight excluding hydrogens is 285 g/mol. The predicted molar refractivity (Wildman–Crippen MR) is 77.1 cm³/mol.